The van der Waals surface area contributed by atoms with Gasteiger partial charge in [-0.15, -0.1) is 0 Å². The van der Waals surface area contributed by atoms with Crippen LogP contribution >= 0.6 is 15.9 Å². The zero-order valence-corrected chi connectivity index (χ0v) is 17.0. The molecule has 1 saturated heterocycles. The zero-order chi connectivity index (χ0) is 18.5. The molecule has 6 heteroatoms. The van der Waals surface area contributed by atoms with Crippen molar-refractivity contribution in [2.24, 2.45) is 0 Å². The lowest BCUT2D eigenvalue weighted by Gasteiger charge is -2.22. The summed E-state index contributed by atoms with van der Waals surface area (Å²) >= 11 is 3.48. The van der Waals surface area contributed by atoms with E-state index in [0.29, 0.717) is 0 Å². The van der Waals surface area contributed by atoms with Crippen molar-refractivity contribution in [3.63, 3.8) is 0 Å². The van der Waals surface area contributed by atoms with Gasteiger partial charge in [-0.1, -0.05) is 12.1 Å². The largest absolute Gasteiger partial charge is 0.497 e. The number of carbonyl (C=O) groups excluding carboxylic acids is 1. The molecule has 0 spiro atoms. The summed E-state index contributed by atoms with van der Waals surface area (Å²) in [6.07, 6.45) is 2.97. The number of benzene rings is 1. The molecule has 0 radical (unpaired) electrons. The van der Waals surface area contributed by atoms with Crippen LogP contribution in [0.5, 0.6) is 5.75 Å². The van der Waals surface area contributed by atoms with Crippen LogP contribution in [0, 0.1) is 0 Å². The lowest BCUT2D eigenvalue weighted by molar-refractivity contribution is 0.0750. The molecule has 0 aliphatic carbocycles. The van der Waals surface area contributed by atoms with E-state index in [9.17, 15) is 4.79 Å². The Balaban J connectivity index is 1.61. The van der Waals surface area contributed by atoms with Gasteiger partial charge >= 0.3 is 0 Å². The fraction of sp³-hybridized carbons (Fsp3) is 0.450. The van der Waals surface area contributed by atoms with E-state index < -0.39 is 0 Å². The Morgan fingerprint density at radius 1 is 1.15 bits per heavy atom. The summed E-state index contributed by atoms with van der Waals surface area (Å²) in [5.41, 5.74) is 2.04. The summed E-state index contributed by atoms with van der Waals surface area (Å²) in [6.45, 7) is 7.24. The molecule has 1 aliphatic rings. The first-order chi connectivity index (χ1) is 12.6. The minimum Gasteiger partial charge on any atom is -0.497 e. The molecule has 0 unspecified atom stereocenters. The van der Waals surface area contributed by atoms with Crippen LogP contribution in [0.1, 0.15) is 29.4 Å². The molecular weight excluding hydrogens is 394 g/mol. The number of nitrogens with zero attached hydrogens (tertiary/aromatic N) is 3. The van der Waals surface area contributed by atoms with E-state index >= 15 is 0 Å². The van der Waals surface area contributed by atoms with Crippen LogP contribution in [0.4, 0.5) is 0 Å². The second kappa shape index (κ2) is 8.73. The Morgan fingerprint density at radius 2 is 1.92 bits per heavy atom. The first kappa shape index (κ1) is 19.0. The highest BCUT2D eigenvalue weighted by molar-refractivity contribution is 9.10. The van der Waals surface area contributed by atoms with Gasteiger partial charge in [-0.05, 0) is 53.0 Å². The van der Waals surface area contributed by atoms with Crippen LogP contribution in [0.2, 0.25) is 0 Å². The Hall–Kier alpha value is -1.79. The van der Waals surface area contributed by atoms with Gasteiger partial charge in [0.2, 0.25) is 0 Å². The smallest absolute Gasteiger partial charge is 0.270 e. The van der Waals surface area contributed by atoms with Crippen LogP contribution < -0.4 is 4.74 Å². The Kier molecular flexibility index (Phi) is 6.38. The maximum absolute atomic E-state index is 12.9. The minimum absolute atomic E-state index is 0.129. The lowest BCUT2D eigenvalue weighted by Crippen LogP contribution is -2.36. The van der Waals surface area contributed by atoms with Gasteiger partial charge < -0.3 is 14.2 Å². The van der Waals surface area contributed by atoms with Crippen molar-refractivity contribution in [1.82, 2.24) is 14.4 Å². The molecule has 2 aromatic rings. The van der Waals surface area contributed by atoms with E-state index in [0.717, 1.165) is 61.6 Å². The topological polar surface area (TPSA) is 37.7 Å². The van der Waals surface area contributed by atoms with Gasteiger partial charge in [0.15, 0.2) is 0 Å². The Labute approximate surface area is 163 Å². The van der Waals surface area contributed by atoms with Crippen molar-refractivity contribution in [2.75, 3.05) is 33.3 Å². The molecule has 1 fully saturated rings. The normalized spacial score (nSPS) is 15.7. The number of carbonyl (C=O) groups is 1. The fourth-order valence-electron chi connectivity index (χ4n) is 3.40. The molecule has 1 aliphatic heterocycles. The van der Waals surface area contributed by atoms with Gasteiger partial charge in [-0.2, -0.15) is 0 Å². The molecule has 0 saturated carbocycles. The van der Waals surface area contributed by atoms with Crippen LogP contribution in [0.25, 0.3) is 0 Å². The van der Waals surface area contributed by atoms with Crippen LogP contribution in [0.3, 0.4) is 0 Å². The number of aromatic nitrogens is 1. The van der Waals surface area contributed by atoms with Crippen molar-refractivity contribution in [3.05, 3.63) is 52.3 Å². The highest BCUT2D eigenvalue weighted by Crippen LogP contribution is 2.19. The van der Waals surface area contributed by atoms with Crippen molar-refractivity contribution >= 4 is 21.8 Å². The van der Waals surface area contributed by atoms with E-state index in [1.54, 1.807) is 7.11 Å². The average Bonchev–Trinajstić information content (AvgIpc) is 2.89. The SMILES string of the molecule is CCn1cc(Br)cc1C(=O)N1CCCN(Cc2ccc(OC)cc2)CC1. The number of hydrogen-bond acceptors (Lipinski definition) is 3. The number of methoxy groups -OCH3 is 1. The van der Waals surface area contributed by atoms with Crippen molar-refractivity contribution < 1.29 is 9.53 Å². The van der Waals surface area contributed by atoms with Crippen molar-refractivity contribution in [3.8, 4) is 5.75 Å². The molecular formula is C20H26BrN3O2. The highest BCUT2D eigenvalue weighted by atomic mass is 79.9. The number of aryl methyl sites for hydroxylation is 1. The zero-order valence-electron chi connectivity index (χ0n) is 15.4. The molecule has 1 aromatic carbocycles. The van der Waals surface area contributed by atoms with Gasteiger partial charge in [0, 0.05) is 49.9 Å². The number of amides is 1. The summed E-state index contributed by atoms with van der Waals surface area (Å²) < 4.78 is 8.18. The van der Waals surface area contributed by atoms with E-state index in [2.05, 4.69) is 39.9 Å². The van der Waals surface area contributed by atoms with E-state index in [1.165, 1.54) is 5.56 Å². The predicted octanol–water partition coefficient (Wildman–Crippen LogP) is 3.63. The van der Waals surface area contributed by atoms with Gasteiger partial charge in [-0.25, -0.2) is 0 Å². The number of ether oxygens (including phenoxy) is 1. The highest BCUT2D eigenvalue weighted by Gasteiger charge is 2.22. The van der Waals surface area contributed by atoms with Gasteiger partial charge in [0.05, 0.1) is 7.11 Å². The molecule has 0 N–H and O–H groups in total. The molecule has 1 aromatic heterocycles. The molecule has 1 amide bonds. The van der Waals surface area contributed by atoms with Crippen LogP contribution in [0.15, 0.2) is 41.0 Å². The maximum atomic E-state index is 12.9. The third-order valence-corrected chi connectivity index (χ3v) is 5.30. The molecule has 0 atom stereocenters. The summed E-state index contributed by atoms with van der Waals surface area (Å²) in [6, 6.07) is 10.1. The van der Waals surface area contributed by atoms with E-state index in [-0.39, 0.29) is 5.91 Å². The molecule has 2 heterocycles. The second-order valence-corrected chi connectivity index (χ2v) is 7.52. The molecule has 5 nitrogen and oxygen atoms in total. The standard InChI is InChI=1S/C20H26BrN3O2/c1-3-23-15-17(21)13-19(23)20(25)24-10-4-9-22(11-12-24)14-16-5-7-18(26-2)8-6-16/h5-8,13,15H,3-4,9-12,14H2,1-2H3. The van der Waals surface area contributed by atoms with Gasteiger partial charge in [-0.3, -0.25) is 9.69 Å². The summed E-state index contributed by atoms with van der Waals surface area (Å²) in [7, 11) is 1.68. The number of rotatable bonds is 5. The van der Waals surface area contributed by atoms with Gasteiger partial charge in [0.25, 0.3) is 5.91 Å². The number of hydrogen-bond donors (Lipinski definition) is 0. The van der Waals surface area contributed by atoms with E-state index in [4.69, 9.17) is 4.74 Å². The quantitative estimate of drug-likeness (QED) is 0.742. The van der Waals surface area contributed by atoms with Crippen molar-refractivity contribution in [1.29, 1.82) is 0 Å². The second-order valence-electron chi connectivity index (χ2n) is 6.60. The number of halogens is 1. The maximum Gasteiger partial charge on any atom is 0.270 e. The molecule has 26 heavy (non-hydrogen) atoms. The van der Waals surface area contributed by atoms with Crippen LogP contribution in [-0.4, -0.2) is 53.6 Å². The average molecular weight is 420 g/mol. The monoisotopic (exact) mass is 419 g/mol. The first-order valence-electron chi connectivity index (χ1n) is 9.11. The van der Waals surface area contributed by atoms with Crippen molar-refractivity contribution in [2.45, 2.75) is 26.4 Å². The van der Waals surface area contributed by atoms with Gasteiger partial charge in [0.1, 0.15) is 11.4 Å². The molecule has 3 rings (SSSR count). The summed E-state index contributed by atoms with van der Waals surface area (Å²) in [5.74, 6) is 1.01. The third-order valence-electron chi connectivity index (χ3n) is 4.86. The summed E-state index contributed by atoms with van der Waals surface area (Å²) in [4.78, 5) is 17.3. The summed E-state index contributed by atoms with van der Waals surface area (Å²) in [5, 5.41) is 0. The molecule has 0 bridgehead atoms. The fourth-order valence-corrected chi connectivity index (χ4v) is 3.86. The first-order valence-corrected chi connectivity index (χ1v) is 9.90. The predicted molar refractivity (Wildman–Crippen MR) is 107 cm³/mol. The minimum atomic E-state index is 0.129. The lowest BCUT2D eigenvalue weighted by atomic mass is 10.2. The third kappa shape index (κ3) is 4.48. The Bertz CT molecular complexity index is 742. The van der Waals surface area contributed by atoms with Crippen LogP contribution in [-0.2, 0) is 13.1 Å². The molecule has 140 valence electrons. The Morgan fingerprint density at radius 3 is 2.62 bits per heavy atom. The van der Waals surface area contributed by atoms with E-state index in [1.807, 2.05) is 33.9 Å².